The van der Waals surface area contributed by atoms with Crippen LogP contribution in [0.25, 0.3) is 0 Å². The maximum atomic E-state index is 11.9. The lowest BCUT2D eigenvalue weighted by Crippen LogP contribution is -2.42. The summed E-state index contributed by atoms with van der Waals surface area (Å²) >= 11 is 3.21. The minimum absolute atomic E-state index is 0.0667. The topological polar surface area (TPSA) is 79.3 Å². The van der Waals surface area contributed by atoms with Crippen LogP contribution < -0.4 is 5.32 Å². The summed E-state index contributed by atoms with van der Waals surface area (Å²) in [6.45, 7) is 0. The molecule has 0 aromatic carbocycles. The van der Waals surface area contributed by atoms with Gasteiger partial charge in [-0.2, -0.15) is 0 Å². The third-order valence-corrected chi connectivity index (χ3v) is 3.30. The quantitative estimate of drug-likeness (QED) is 0.881. The molecule has 0 spiro atoms. The minimum atomic E-state index is -0.981. The van der Waals surface area contributed by atoms with Crippen LogP contribution in [-0.4, -0.2) is 28.0 Å². The van der Waals surface area contributed by atoms with Gasteiger partial charge in [0.1, 0.15) is 6.04 Å². The Bertz CT molecular complexity index is 460. The van der Waals surface area contributed by atoms with E-state index in [9.17, 15) is 9.59 Å². The van der Waals surface area contributed by atoms with Crippen molar-refractivity contribution < 1.29 is 14.7 Å². The molecule has 1 aromatic rings. The lowest BCUT2D eigenvalue weighted by Gasteiger charge is -2.13. The third-order valence-electron chi connectivity index (χ3n) is 2.66. The van der Waals surface area contributed by atoms with Gasteiger partial charge in [-0.1, -0.05) is 0 Å². The fourth-order valence-electron chi connectivity index (χ4n) is 1.59. The molecule has 1 heterocycles. The predicted octanol–water partition coefficient (Wildman–Crippen LogP) is 1.44. The van der Waals surface area contributed by atoms with E-state index in [1.165, 1.54) is 12.4 Å². The Labute approximate surface area is 106 Å². The van der Waals surface area contributed by atoms with Crippen molar-refractivity contribution in [3.05, 3.63) is 28.5 Å². The Balaban J connectivity index is 2.10. The summed E-state index contributed by atoms with van der Waals surface area (Å²) in [6.07, 6.45) is 4.71. The van der Waals surface area contributed by atoms with Crippen LogP contribution in [0.15, 0.2) is 22.9 Å². The number of halogens is 1. The third kappa shape index (κ3) is 2.82. The van der Waals surface area contributed by atoms with E-state index in [0.29, 0.717) is 10.0 Å². The van der Waals surface area contributed by atoms with E-state index in [-0.39, 0.29) is 5.92 Å². The Kier molecular flexibility index (Phi) is 3.42. The maximum absolute atomic E-state index is 11.9. The molecule has 6 heteroatoms. The number of aliphatic carboxylic acids is 1. The first kappa shape index (κ1) is 12.0. The lowest BCUT2D eigenvalue weighted by atomic mass is 10.1. The Morgan fingerprint density at radius 2 is 2.24 bits per heavy atom. The first-order valence-electron chi connectivity index (χ1n) is 5.23. The van der Waals surface area contributed by atoms with Gasteiger partial charge in [0.15, 0.2) is 0 Å². The Morgan fingerprint density at radius 1 is 1.53 bits per heavy atom. The molecule has 1 aliphatic rings. The van der Waals surface area contributed by atoms with Crippen LogP contribution in [0.4, 0.5) is 0 Å². The standard InChI is InChI=1S/C11H11BrN2O3/c12-8-5-13-4-3-7(8)10(15)14-9(11(16)17)6-1-2-6/h3-6,9H,1-2H2,(H,14,15)(H,16,17). The number of pyridine rings is 1. The zero-order valence-electron chi connectivity index (χ0n) is 8.89. The van der Waals surface area contributed by atoms with Crippen molar-refractivity contribution in [3.63, 3.8) is 0 Å². The van der Waals surface area contributed by atoms with Gasteiger partial charge in [-0.3, -0.25) is 9.78 Å². The molecule has 5 nitrogen and oxygen atoms in total. The van der Waals surface area contributed by atoms with Crippen LogP contribution in [0.2, 0.25) is 0 Å². The molecule has 1 saturated carbocycles. The van der Waals surface area contributed by atoms with Crippen LogP contribution in [0.5, 0.6) is 0 Å². The van der Waals surface area contributed by atoms with Crippen LogP contribution in [0, 0.1) is 5.92 Å². The number of carboxylic acids is 1. The van der Waals surface area contributed by atoms with E-state index >= 15 is 0 Å². The summed E-state index contributed by atoms with van der Waals surface area (Å²) < 4.78 is 0.553. The Morgan fingerprint density at radius 3 is 2.76 bits per heavy atom. The molecule has 0 bridgehead atoms. The first-order chi connectivity index (χ1) is 8.09. The molecule has 17 heavy (non-hydrogen) atoms. The monoisotopic (exact) mass is 298 g/mol. The molecule has 1 atom stereocenters. The van der Waals surface area contributed by atoms with Crippen molar-refractivity contribution in [2.24, 2.45) is 5.92 Å². The van der Waals surface area contributed by atoms with Crippen molar-refractivity contribution in [1.82, 2.24) is 10.3 Å². The van der Waals surface area contributed by atoms with Gasteiger partial charge in [0, 0.05) is 16.9 Å². The van der Waals surface area contributed by atoms with Gasteiger partial charge in [0.05, 0.1) is 5.56 Å². The average molecular weight is 299 g/mol. The van der Waals surface area contributed by atoms with Gasteiger partial charge in [-0.15, -0.1) is 0 Å². The maximum Gasteiger partial charge on any atom is 0.326 e. The number of carboxylic acid groups (broad SMARTS) is 1. The minimum Gasteiger partial charge on any atom is -0.480 e. The fourth-order valence-corrected chi connectivity index (χ4v) is 2.02. The average Bonchev–Trinajstić information content (AvgIpc) is 3.09. The molecule has 1 unspecified atom stereocenters. The second kappa shape index (κ2) is 4.83. The van der Waals surface area contributed by atoms with E-state index in [2.05, 4.69) is 26.2 Å². The number of nitrogens with zero attached hydrogens (tertiary/aromatic N) is 1. The SMILES string of the molecule is O=C(NC(C(=O)O)C1CC1)c1ccncc1Br. The molecule has 0 saturated heterocycles. The first-order valence-corrected chi connectivity index (χ1v) is 6.02. The highest BCUT2D eigenvalue weighted by Gasteiger charge is 2.37. The molecule has 1 amide bonds. The van der Waals surface area contributed by atoms with Crippen molar-refractivity contribution in [2.75, 3.05) is 0 Å². The summed E-state index contributed by atoms with van der Waals surface area (Å²) in [5, 5.41) is 11.5. The zero-order valence-corrected chi connectivity index (χ0v) is 10.5. The van der Waals surface area contributed by atoms with E-state index in [4.69, 9.17) is 5.11 Å². The summed E-state index contributed by atoms with van der Waals surface area (Å²) in [5.74, 6) is -1.30. The Hall–Kier alpha value is -1.43. The number of carbonyl (C=O) groups excluding carboxylic acids is 1. The lowest BCUT2D eigenvalue weighted by molar-refractivity contribution is -0.139. The number of nitrogens with one attached hydrogen (secondary N) is 1. The molecule has 1 fully saturated rings. The number of aromatic nitrogens is 1. The summed E-state index contributed by atoms with van der Waals surface area (Å²) in [6, 6.07) is 0.758. The summed E-state index contributed by atoms with van der Waals surface area (Å²) in [7, 11) is 0. The summed E-state index contributed by atoms with van der Waals surface area (Å²) in [5.41, 5.74) is 0.395. The number of carbonyl (C=O) groups is 2. The normalized spacial score (nSPS) is 16.3. The van der Waals surface area contributed by atoms with E-state index in [0.717, 1.165) is 12.8 Å². The van der Waals surface area contributed by atoms with Gasteiger partial charge < -0.3 is 10.4 Å². The van der Waals surface area contributed by atoms with Crippen molar-refractivity contribution in [1.29, 1.82) is 0 Å². The summed E-state index contributed by atoms with van der Waals surface area (Å²) in [4.78, 5) is 26.7. The molecule has 1 aliphatic carbocycles. The molecule has 2 N–H and O–H groups in total. The van der Waals surface area contributed by atoms with Gasteiger partial charge >= 0.3 is 5.97 Å². The predicted molar refractivity (Wildman–Crippen MR) is 63.6 cm³/mol. The largest absolute Gasteiger partial charge is 0.480 e. The number of hydrogen-bond acceptors (Lipinski definition) is 3. The van der Waals surface area contributed by atoms with Crippen LogP contribution in [0.3, 0.4) is 0 Å². The molecule has 0 aliphatic heterocycles. The fraction of sp³-hybridized carbons (Fsp3) is 0.364. The van der Waals surface area contributed by atoms with Crippen LogP contribution in [-0.2, 0) is 4.79 Å². The van der Waals surface area contributed by atoms with Gasteiger partial charge in [-0.05, 0) is 40.8 Å². The molecule has 0 radical (unpaired) electrons. The van der Waals surface area contributed by atoms with Crippen molar-refractivity contribution in [2.45, 2.75) is 18.9 Å². The van der Waals surface area contributed by atoms with Crippen LogP contribution in [0.1, 0.15) is 23.2 Å². The van der Waals surface area contributed by atoms with E-state index < -0.39 is 17.9 Å². The highest BCUT2D eigenvalue weighted by Crippen LogP contribution is 2.33. The van der Waals surface area contributed by atoms with Crippen LogP contribution >= 0.6 is 15.9 Å². The van der Waals surface area contributed by atoms with Gasteiger partial charge in [-0.25, -0.2) is 4.79 Å². The molecule has 90 valence electrons. The van der Waals surface area contributed by atoms with Gasteiger partial charge in [0.25, 0.3) is 5.91 Å². The van der Waals surface area contributed by atoms with E-state index in [1.807, 2.05) is 0 Å². The zero-order chi connectivity index (χ0) is 12.4. The highest BCUT2D eigenvalue weighted by molar-refractivity contribution is 9.10. The highest BCUT2D eigenvalue weighted by atomic mass is 79.9. The number of rotatable bonds is 4. The number of amides is 1. The molecule has 2 rings (SSSR count). The van der Waals surface area contributed by atoms with Gasteiger partial charge in [0.2, 0.25) is 0 Å². The second-order valence-corrected chi connectivity index (χ2v) is 4.84. The molecular formula is C11H11BrN2O3. The second-order valence-electron chi connectivity index (χ2n) is 3.98. The molecular weight excluding hydrogens is 288 g/mol. The smallest absolute Gasteiger partial charge is 0.326 e. The van der Waals surface area contributed by atoms with E-state index in [1.54, 1.807) is 6.07 Å². The van der Waals surface area contributed by atoms with Crippen molar-refractivity contribution >= 4 is 27.8 Å². The number of hydrogen-bond donors (Lipinski definition) is 2. The van der Waals surface area contributed by atoms with Crippen molar-refractivity contribution in [3.8, 4) is 0 Å². The molecule has 1 aromatic heterocycles.